The van der Waals surface area contributed by atoms with Crippen molar-refractivity contribution in [3.8, 4) is 0 Å². The van der Waals surface area contributed by atoms with Crippen molar-refractivity contribution in [3.05, 3.63) is 35.9 Å². The summed E-state index contributed by atoms with van der Waals surface area (Å²) in [6.07, 6.45) is -4.37. The molecule has 6 heteroatoms. The van der Waals surface area contributed by atoms with Crippen LogP contribution in [0.2, 0.25) is 0 Å². The van der Waals surface area contributed by atoms with Crippen molar-refractivity contribution >= 4 is 10.8 Å². The molecule has 0 aliphatic carbocycles. The van der Waals surface area contributed by atoms with Gasteiger partial charge in [0.1, 0.15) is 0 Å². The van der Waals surface area contributed by atoms with Gasteiger partial charge in [0.2, 0.25) is 0 Å². The summed E-state index contributed by atoms with van der Waals surface area (Å²) in [4.78, 5) is 0. The first-order chi connectivity index (χ1) is 7.93. The second-order valence-corrected chi connectivity index (χ2v) is 5.21. The largest absolute Gasteiger partial charge is 0.393 e. The van der Waals surface area contributed by atoms with E-state index >= 15 is 0 Å². The summed E-state index contributed by atoms with van der Waals surface area (Å²) in [6, 6.07) is 8.80. The van der Waals surface area contributed by atoms with Crippen molar-refractivity contribution in [1.29, 1.82) is 0 Å². The van der Waals surface area contributed by atoms with Gasteiger partial charge in [0.25, 0.3) is 0 Å². The highest BCUT2D eigenvalue weighted by atomic mass is 32.2. The molecule has 0 amide bonds. The van der Waals surface area contributed by atoms with Crippen LogP contribution in [-0.4, -0.2) is 22.7 Å². The molecule has 0 aromatic heterocycles. The van der Waals surface area contributed by atoms with Crippen molar-refractivity contribution < 1.29 is 17.4 Å². The zero-order chi connectivity index (χ0) is 12.9. The molecule has 0 bridgehead atoms. The summed E-state index contributed by atoms with van der Waals surface area (Å²) in [5.74, 6) is -1.99. The summed E-state index contributed by atoms with van der Waals surface area (Å²) in [5, 5.41) is 0. The fourth-order valence-corrected chi connectivity index (χ4v) is 2.80. The van der Waals surface area contributed by atoms with Crippen molar-refractivity contribution in [3.63, 3.8) is 0 Å². The average molecular weight is 265 g/mol. The predicted octanol–water partition coefficient (Wildman–Crippen LogP) is 2.07. The van der Waals surface area contributed by atoms with E-state index in [0.717, 1.165) is 5.56 Å². The van der Waals surface area contributed by atoms with E-state index in [4.69, 9.17) is 5.73 Å². The predicted molar refractivity (Wildman–Crippen MR) is 61.8 cm³/mol. The SMILES string of the molecule is NCC(CS(=O)Cc1ccccc1)C(F)(F)F. The molecule has 1 aromatic rings. The number of nitrogens with two attached hydrogens (primary N) is 1. The lowest BCUT2D eigenvalue weighted by atomic mass is 10.2. The standard InChI is InChI=1S/C11H14F3NOS/c12-11(13,14)10(6-15)8-17(16)7-9-4-2-1-3-5-9/h1-5,10H,6-8,15H2. The number of alkyl halides is 3. The third-order valence-corrected chi connectivity index (χ3v) is 3.73. The van der Waals surface area contributed by atoms with E-state index in [1.807, 2.05) is 0 Å². The minimum absolute atomic E-state index is 0.132. The van der Waals surface area contributed by atoms with E-state index < -0.39 is 35.2 Å². The van der Waals surface area contributed by atoms with Crippen LogP contribution in [0.25, 0.3) is 0 Å². The van der Waals surface area contributed by atoms with Crippen LogP contribution >= 0.6 is 0 Å². The highest BCUT2D eigenvalue weighted by Crippen LogP contribution is 2.26. The van der Waals surface area contributed by atoms with E-state index in [9.17, 15) is 17.4 Å². The quantitative estimate of drug-likeness (QED) is 0.885. The summed E-state index contributed by atoms with van der Waals surface area (Å²) in [7, 11) is -1.55. The fraction of sp³-hybridized carbons (Fsp3) is 0.455. The summed E-state index contributed by atoms with van der Waals surface area (Å²) >= 11 is 0. The molecule has 0 aliphatic heterocycles. The van der Waals surface area contributed by atoms with Crippen molar-refractivity contribution in [2.24, 2.45) is 11.7 Å². The number of hydrogen-bond donors (Lipinski definition) is 1. The van der Waals surface area contributed by atoms with Crippen LogP contribution in [0.5, 0.6) is 0 Å². The normalized spacial score (nSPS) is 15.5. The van der Waals surface area contributed by atoms with E-state index in [-0.39, 0.29) is 5.75 Å². The van der Waals surface area contributed by atoms with E-state index in [0.29, 0.717) is 0 Å². The molecule has 2 atom stereocenters. The van der Waals surface area contributed by atoms with Gasteiger partial charge in [-0.3, -0.25) is 4.21 Å². The molecular weight excluding hydrogens is 251 g/mol. The smallest absolute Gasteiger partial charge is 0.330 e. The summed E-state index contributed by atoms with van der Waals surface area (Å²) in [5.41, 5.74) is 5.81. The van der Waals surface area contributed by atoms with Crippen molar-refractivity contribution in [1.82, 2.24) is 0 Å². The van der Waals surface area contributed by atoms with Crippen LogP contribution in [0.1, 0.15) is 5.56 Å². The van der Waals surface area contributed by atoms with E-state index in [1.54, 1.807) is 30.3 Å². The third kappa shape index (κ3) is 4.87. The number of halogens is 3. The second-order valence-electron chi connectivity index (χ2n) is 3.71. The molecule has 0 spiro atoms. The second kappa shape index (κ2) is 6.16. The highest BCUT2D eigenvalue weighted by molar-refractivity contribution is 7.84. The lowest BCUT2D eigenvalue weighted by Crippen LogP contribution is -2.34. The molecule has 0 fully saturated rings. The van der Waals surface area contributed by atoms with Crippen LogP contribution < -0.4 is 5.73 Å². The maximum absolute atomic E-state index is 12.4. The van der Waals surface area contributed by atoms with E-state index in [2.05, 4.69) is 0 Å². The molecule has 96 valence electrons. The minimum atomic E-state index is -4.37. The van der Waals surface area contributed by atoms with Gasteiger partial charge in [0.05, 0.1) is 5.92 Å². The Labute approximate surface area is 100 Å². The molecule has 17 heavy (non-hydrogen) atoms. The Kier molecular flexibility index (Phi) is 5.14. The van der Waals surface area contributed by atoms with Gasteiger partial charge in [-0.05, 0) is 5.56 Å². The first-order valence-corrected chi connectivity index (χ1v) is 6.58. The first-order valence-electron chi connectivity index (χ1n) is 5.09. The van der Waals surface area contributed by atoms with Gasteiger partial charge in [-0.25, -0.2) is 0 Å². The molecule has 0 heterocycles. The fourth-order valence-electron chi connectivity index (χ4n) is 1.34. The lowest BCUT2D eigenvalue weighted by Gasteiger charge is -2.17. The van der Waals surface area contributed by atoms with Gasteiger partial charge < -0.3 is 5.73 Å². The Bertz CT molecular complexity index is 367. The summed E-state index contributed by atoms with van der Waals surface area (Å²) in [6.45, 7) is -0.524. The molecular formula is C11H14F3NOS. The van der Waals surface area contributed by atoms with Gasteiger partial charge in [-0.1, -0.05) is 30.3 Å². The third-order valence-electron chi connectivity index (χ3n) is 2.30. The Morgan fingerprint density at radius 3 is 2.29 bits per heavy atom. The van der Waals surface area contributed by atoms with Crippen LogP contribution in [0.3, 0.4) is 0 Å². The molecule has 1 rings (SSSR count). The zero-order valence-corrected chi connectivity index (χ0v) is 9.93. The molecule has 2 unspecified atom stereocenters. The Morgan fingerprint density at radius 1 is 1.24 bits per heavy atom. The van der Waals surface area contributed by atoms with Crippen LogP contribution in [-0.2, 0) is 16.6 Å². The van der Waals surface area contributed by atoms with Gasteiger partial charge in [-0.2, -0.15) is 13.2 Å². The summed E-state index contributed by atoms with van der Waals surface area (Å²) < 4.78 is 48.8. The van der Waals surface area contributed by atoms with Gasteiger partial charge in [0.15, 0.2) is 0 Å². The molecule has 0 saturated heterocycles. The Morgan fingerprint density at radius 2 is 1.82 bits per heavy atom. The molecule has 0 saturated carbocycles. The highest BCUT2D eigenvalue weighted by Gasteiger charge is 2.39. The van der Waals surface area contributed by atoms with Crippen molar-refractivity contribution in [2.75, 3.05) is 12.3 Å². The Balaban J connectivity index is 2.55. The molecule has 2 N–H and O–H groups in total. The maximum Gasteiger partial charge on any atom is 0.393 e. The topological polar surface area (TPSA) is 43.1 Å². The maximum atomic E-state index is 12.4. The van der Waals surface area contributed by atoms with E-state index in [1.165, 1.54) is 0 Å². The number of hydrogen-bond acceptors (Lipinski definition) is 2. The molecule has 0 radical (unpaired) electrons. The average Bonchev–Trinajstić information content (AvgIpc) is 2.25. The molecule has 0 aliphatic rings. The minimum Gasteiger partial charge on any atom is -0.330 e. The number of rotatable bonds is 5. The van der Waals surface area contributed by atoms with Crippen molar-refractivity contribution in [2.45, 2.75) is 11.9 Å². The van der Waals surface area contributed by atoms with Crippen LogP contribution in [0, 0.1) is 5.92 Å². The van der Waals surface area contributed by atoms with Crippen LogP contribution in [0.15, 0.2) is 30.3 Å². The first kappa shape index (κ1) is 14.2. The van der Waals surface area contributed by atoms with Gasteiger partial charge in [-0.15, -0.1) is 0 Å². The zero-order valence-electron chi connectivity index (χ0n) is 9.11. The molecule has 1 aromatic carbocycles. The van der Waals surface area contributed by atoms with Gasteiger partial charge >= 0.3 is 6.18 Å². The van der Waals surface area contributed by atoms with Crippen LogP contribution in [0.4, 0.5) is 13.2 Å². The van der Waals surface area contributed by atoms with Gasteiger partial charge in [0, 0.05) is 28.9 Å². The monoisotopic (exact) mass is 265 g/mol. The lowest BCUT2D eigenvalue weighted by molar-refractivity contribution is -0.165. The molecule has 2 nitrogen and oxygen atoms in total. The number of benzene rings is 1. The Hall–Kier alpha value is -0.880.